The van der Waals surface area contributed by atoms with Crippen molar-refractivity contribution in [1.82, 2.24) is 4.90 Å². The number of carbonyl (C=O) groups excluding carboxylic acids is 1. The van der Waals surface area contributed by atoms with Crippen LogP contribution in [0.2, 0.25) is 0 Å². The molecule has 0 bridgehead atoms. The summed E-state index contributed by atoms with van der Waals surface area (Å²) in [5, 5.41) is 9.32. The van der Waals surface area contributed by atoms with Crippen LogP contribution in [0.25, 0.3) is 0 Å². The zero-order chi connectivity index (χ0) is 16.7. The van der Waals surface area contributed by atoms with Crippen LogP contribution in [0.1, 0.15) is 5.56 Å². The van der Waals surface area contributed by atoms with Gasteiger partial charge in [-0.2, -0.15) is 0 Å². The predicted molar refractivity (Wildman–Crippen MR) is 80.4 cm³/mol. The summed E-state index contributed by atoms with van der Waals surface area (Å²) < 4.78 is 28.2. The second-order valence-corrected chi connectivity index (χ2v) is 8.27. The quantitative estimate of drug-likeness (QED) is 0.872. The lowest BCUT2D eigenvalue weighted by molar-refractivity contribution is -0.144. The van der Waals surface area contributed by atoms with Gasteiger partial charge in [0.1, 0.15) is 6.61 Å². The van der Waals surface area contributed by atoms with E-state index < -0.39 is 33.2 Å². The first-order valence-electron chi connectivity index (χ1n) is 7.20. The molecule has 0 saturated carbocycles. The smallest absolute Gasteiger partial charge is 0.410 e. The molecule has 0 aliphatic carbocycles. The summed E-state index contributed by atoms with van der Waals surface area (Å²) >= 11 is 0. The van der Waals surface area contributed by atoms with Gasteiger partial charge in [-0.3, -0.25) is 4.79 Å². The van der Waals surface area contributed by atoms with Gasteiger partial charge in [-0.25, -0.2) is 13.2 Å². The van der Waals surface area contributed by atoms with E-state index >= 15 is 0 Å². The maximum Gasteiger partial charge on any atom is 0.410 e. The van der Waals surface area contributed by atoms with E-state index in [1.54, 1.807) is 0 Å². The fourth-order valence-electron chi connectivity index (χ4n) is 3.38. The number of aliphatic carboxylic acids is 1. The summed E-state index contributed by atoms with van der Waals surface area (Å²) in [4.78, 5) is 24.8. The Morgan fingerprint density at radius 1 is 1.26 bits per heavy atom. The topological polar surface area (TPSA) is 101 Å². The Hall–Kier alpha value is -2.09. The Morgan fingerprint density at radius 3 is 2.48 bits per heavy atom. The van der Waals surface area contributed by atoms with Crippen molar-refractivity contribution < 1.29 is 27.9 Å². The number of carbonyl (C=O) groups is 2. The Balaban J connectivity index is 1.65. The van der Waals surface area contributed by atoms with Gasteiger partial charge in [-0.1, -0.05) is 30.3 Å². The third-order valence-corrected chi connectivity index (χ3v) is 6.45. The molecule has 23 heavy (non-hydrogen) atoms. The van der Waals surface area contributed by atoms with Crippen LogP contribution in [0.15, 0.2) is 30.3 Å². The third-order valence-electron chi connectivity index (χ3n) is 4.42. The largest absolute Gasteiger partial charge is 0.481 e. The summed E-state index contributed by atoms with van der Waals surface area (Å²) in [6, 6.07) is 9.14. The average molecular weight is 339 g/mol. The van der Waals surface area contributed by atoms with Crippen LogP contribution in [0, 0.1) is 11.3 Å². The monoisotopic (exact) mass is 339 g/mol. The van der Waals surface area contributed by atoms with Gasteiger partial charge in [-0.05, 0) is 5.56 Å². The van der Waals surface area contributed by atoms with Crippen molar-refractivity contribution >= 4 is 21.9 Å². The van der Waals surface area contributed by atoms with Crippen LogP contribution in [0.3, 0.4) is 0 Å². The first-order chi connectivity index (χ1) is 10.8. The van der Waals surface area contributed by atoms with Gasteiger partial charge in [0.05, 0.1) is 17.4 Å². The van der Waals surface area contributed by atoms with E-state index in [0.717, 1.165) is 5.56 Å². The second-order valence-electron chi connectivity index (χ2n) is 6.21. The molecular formula is C15H17NO6S. The molecule has 1 amide bonds. The van der Waals surface area contributed by atoms with Gasteiger partial charge < -0.3 is 14.7 Å². The zero-order valence-corrected chi connectivity index (χ0v) is 13.2. The predicted octanol–water partition coefficient (Wildman–Crippen LogP) is 0.754. The zero-order valence-electron chi connectivity index (χ0n) is 12.3. The van der Waals surface area contributed by atoms with Crippen molar-refractivity contribution in [3.63, 3.8) is 0 Å². The van der Waals surface area contributed by atoms with E-state index in [0.29, 0.717) is 0 Å². The highest BCUT2D eigenvalue weighted by molar-refractivity contribution is 7.92. The van der Waals surface area contributed by atoms with Crippen molar-refractivity contribution in [2.24, 2.45) is 11.3 Å². The maximum absolute atomic E-state index is 12.1. The summed E-state index contributed by atoms with van der Waals surface area (Å²) in [5.41, 5.74) is -0.0352. The number of rotatable bonds is 3. The average Bonchev–Trinajstić information content (AvgIpc) is 2.84. The molecule has 7 nitrogen and oxygen atoms in total. The number of hydrogen-bond donors (Lipinski definition) is 1. The Kier molecular flexibility index (Phi) is 3.79. The first-order valence-corrected chi connectivity index (χ1v) is 9.02. The Morgan fingerprint density at radius 2 is 1.91 bits per heavy atom. The van der Waals surface area contributed by atoms with E-state index in [1.165, 1.54) is 4.90 Å². The molecular weight excluding hydrogens is 322 g/mol. The molecule has 1 N–H and O–H groups in total. The summed E-state index contributed by atoms with van der Waals surface area (Å²) in [6.45, 7) is 0.189. The highest BCUT2D eigenvalue weighted by atomic mass is 32.2. The van der Waals surface area contributed by atoms with Crippen molar-refractivity contribution in [1.29, 1.82) is 0 Å². The van der Waals surface area contributed by atoms with Gasteiger partial charge in [-0.15, -0.1) is 0 Å². The SMILES string of the molecule is O=C(O)C1CN(C(=O)OCc2ccccc2)CC12CS(=O)(=O)C2. The van der Waals surface area contributed by atoms with Crippen molar-refractivity contribution in [3.8, 4) is 0 Å². The normalized spacial score (nSPS) is 24.2. The fourth-order valence-corrected chi connectivity index (χ4v) is 5.64. The molecule has 0 radical (unpaired) electrons. The molecule has 2 aliphatic heterocycles. The molecule has 3 rings (SSSR count). The molecule has 2 saturated heterocycles. The Labute approximate surface area is 133 Å². The number of sulfone groups is 1. The number of benzene rings is 1. The first kappa shape index (κ1) is 15.8. The van der Waals surface area contributed by atoms with E-state index in [1.807, 2.05) is 30.3 Å². The second kappa shape index (κ2) is 5.52. The molecule has 1 spiro atoms. The van der Waals surface area contributed by atoms with Crippen LogP contribution < -0.4 is 0 Å². The van der Waals surface area contributed by atoms with Crippen LogP contribution >= 0.6 is 0 Å². The van der Waals surface area contributed by atoms with Crippen molar-refractivity contribution in [2.45, 2.75) is 6.61 Å². The fraction of sp³-hybridized carbons (Fsp3) is 0.467. The minimum atomic E-state index is -3.19. The molecule has 1 aromatic rings. The lowest BCUT2D eigenvalue weighted by Crippen LogP contribution is -2.55. The highest BCUT2D eigenvalue weighted by Gasteiger charge is 2.61. The highest BCUT2D eigenvalue weighted by Crippen LogP contribution is 2.45. The van der Waals surface area contributed by atoms with Gasteiger partial charge >= 0.3 is 12.1 Å². The lowest BCUT2D eigenvalue weighted by Gasteiger charge is -2.39. The van der Waals surface area contributed by atoms with Gasteiger partial charge in [0.2, 0.25) is 0 Å². The minimum absolute atomic E-state index is 0.0154. The minimum Gasteiger partial charge on any atom is -0.481 e. The number of ether oxygens (including phenoxy) is 1. The van der Waals surface area contributed by atoms with E-state index in [4.69, 9.17) is 4.74 Å². The number of amides is 1. The number of nitrogens with zero attached hydrogens (tertiary/aromatic N) is 1. The van der Waals surface area contributed by atoms with Crippen LogP contribution in [-0.4, -0.2) is 55.1 Å². The van der Waals surface area contributed by atoms with Gasteiger partial charge in [0.25, 0.3) is 0 Å². The molecule has 0 aromatic heterocycles. The van der Waals surface area contributed by atoms with E-state index in [-0.39, 0.29) is 31.2 Å². The summed E-state index contributed by atoms with van der Waals surface area (Å²) in [5.74, 6) is -2.30. The standard InChI is InChI=1S/C15H17NO6S/c17-13(18)12-6-16(8-15(12)9-23(20,21)10-15)14(19)22-7-11-4-2-1-3-5-11/h1-5,12H,6-10H2,(H,17,18). The molecule has 2 heterocycles. The van der Waals surface area contributed by atoms with Crippen molar-refractivity contribution in [3.05, 3.63) is 35.9 Å². The number of carboxylic acid groups (broad SMARTS) is 1. The van der Waals surface area contributed by atoms with E-state index in [9.17, 15) is 23.1 Å². The van der Waals surface area contributed by atoms with Crippen LogP contribution in [0.4, 0.5) is 4.79 Å². The van der Waals surface area contributed by atoms with Crippen LogP contribution in [0.5, 0.6) is 0 Å². The Bertz CT molecular complexity index is 718. The van der Waals surface area contributed by atoms with Crippen molar-refractivity contribution in [2.75, 3.05) is 24.6 Å². The number of hydrogen-bond acceptors (Lipinski definition) is 5. The molecule has 8 heteroatoms. The third kappa shape index (κ3) is 3.03. The summed E-state index contributed by atoms with van der Waals surface area (Å²) in [7, 11) is -3.19. The number of carboxylic acids is 1. The molecule has 1 unspecified atom stereocenters. The molecule has 124 valence electrons. The van der Waals surface area contributed by atoms with Crippen LogP contribution in [-0.2, 0) is 26.0 Å². The molecule has 2 fully saturated rings. The maximum atomic E-state index is 12.1. The molecule has 1 atom stereocenters. The molecule has 1 aromatic carbocycles. The van der Waals surface area contributed by atoms with E-state index in [2.05, 4.69) is 0 Å². The molecule has 2 aliphatic rings. The lowest BCUT2D eigenvalue weighted by atomic mass is 9.81. The number of likely N-dealkylation sites (tertiary alicyclic amines) is 1. The van der Waals surface area contributed by atoms with Gasteiger partial charge in [0.15, 0.2) is 9.84 Å². The van der Waals surface area contributed by atoms with Gasteiger partial charge in [0, 0.05) is 18.5 Å². The summed E-state index contributed by atoms with van der Waals surface area (Å²) in [6.07, 6.45) is -0.610.